The van der Waals surface area contributed by atoms with Crippen molar-refractivity contribution in [1.29, 1.82) is 0 Å². The zero-order valence-corrected chi connectivity index (χ0v) is 13.0. The lowest BCUT2D eigenvalue weighted by Crippen LogP contribution is -2.04. The molecule has 0 saturated carbocycles. The average Bonchev–Trinajstić information content (AvgIpc) is 2.88. The Hall–Kier alpha value is -2.79. The minimum Gasteiger partial charge on any atom is -0.441 e. The van der Waals surface area contributed by atoms with Gasteiger partial charge in [-0.2, -0.15) is 5.10 Å². The average molecular weight is 334 g/mol. The van der Waals surface area contributed by atoms with E-state index < -0.39 is 16.4 Å². The van der Waals surface area contributed by atoms with Crippen LogP contribution in [0.1, 0.15) is 0 Å². The molecule has 3 rings (SSSR count). The Balaban J connectivity index is 2.26. The normalized spacial score (nSPS) is 12.8. The number of fused-ring (bicyclic) bond motifs is 1. The summed E-state index contributed by atoms with van der Waals surface area (Å²) in [7, 11) is 0.992. The van der Waals surface area contributed by atoms with Crippen molar-refractivity contribution in [3.63, 3.8) is 0 Å². The van der Waals surface area contributed by atoms with E-state index in [1.54, 1.807) is 11.7 Å². The summed E-state index contributed by atoms with van der Waals surface area (Å²) in [5.41, 5.74) is 6.94. The Kier molecular flexibility index (Phi) is 3.80. The first-order chi connectivity index (χ1) is 11.0. The first-order valence-electron chi connectivity index (χ1n) is 6.35. The Morgan fingerprint density at radius 1 is 1.43 bits per heavy atom. The van der Waals surface area contributed by atoms with Crippen molar-refractivity contribution in [2.75, 3.05) is 12.8 Å². The Morgan fingerprint density at radius 2 is 2.22 bits per heavy atom. The minimum atomic E-state index is -1.95. The molecule has 0 aliphatic carbocycles. The van der Waals surface area contributed by atoms with Gasteiger partial charge in [-0.1, -0.05) is 10.9 Å². The summed E-state index contributed by atoms with van der Waals surface area (Å²) in [6.45, 7) is 0. The first kappa shape index (κ1) is 15.1. The highest BCUT2D eigenvalue weighted by Gasteiger charge is 2.16. The number of rotatable bonds is 3. The van der Waals surface area contributed by atoms with Crippen molar-refractivity contribution in [3.05, 3.63) is 28.9 Å². The number of pyridine rings is 1. The molecule has 0 atom stereocenters. The quantitative estimate of drug-likeness (QED) is 0.669. The van der Waals surface area contributed by atoms with Gasteiger partial charge in [-0.15, -0.1) is 0 Å². The fourth-order valence-corrected chi connectivity index (χ4v) is 2.48. The number of nitrogens with zero attached hydrogens (tertiary/aromatic N) is 5. The molecule has 0 aromatic carbocycles. The van der Waals surface area contributed by atoms with Gasteiger partial charge < -0.3 is 23.5 Å². The third-order valence-electron chi connectivity index (χ3n) is 3.12. The van der Waals surface area contributed by atoms with Crippen molar-refractivity contribution < 1.29 is 8.39 Å². The van der Waals surface area contributed by atoms with E-state index in [9.17, 15) is 9.00 Å². The maximum Gasteiger partial charge on any atom is 0.271 e. The third-order valence-corrected chi connectivity index (χ3v) is 3.75. The van der Waals surface area contributed by atoms with E-state index in [1.807, 2.05) is 0 Å². The van der Waals surface area contributed by atoms with Crippen molar-refractivity contribution in [2.45, 2.75) is 0 Å². The molecule has 0 saturated heterocycles. The minimum absolute atomic E-state index is 0.0445. The zero-order valence-electron chi connectivity index (χ0n) is 12.2. The molecule has 0 bridgehead atoms. The topological polar surface area (TPSA) is 141 Å². The van der Waals surface area contributed by atoms with Crippen LogP contribution in [0.2, 0.25) is 0 Å². The molecule has 0 amide bonds. The second-order valence-corrected chi connectivity index (χ2v) is 5.46. The van der Waals surface area contributed by atoms with Gasteiger partial charge in [0, 0.05) is 25.9 Å². The highest BCUT2D eigenvalue weighted by molar-refractivity contribution is 7.69. The predicted molar refractivity (Wildman–Crippen MR) is 83.9 cm³/mol. The molecule has 120 valence electrons. The molecule has 3 aromatic heterocycles. The van der Waals surface area contributed by atoms with Gasteiger partial charge in [0.05, 0.1) is 5.39 Å². The lowest BCUT2D eigenvalue weighted by Gasteiger charge is -2.04. The van der Waals surface area contributed by atoms with Gasteiger partial charge in [-0.05, 0) is 6.07 Å². The molecular weight excluding hydrogens is 322 g/mol. The van der Waals surface area contributed by atoms with E-state index in [-0.39, 0.29) is 11.5 Å². The van der Waals surface area contributed by atoms with Crippen LogP contribution in [0.5, 0.6) is 0 Å². The van der Waals surface area contributed by atoms with Crippen LogP contribution in [0.3, 0.4) is 0 Å². The molecule has 11 heteroatoms. The van der Waals surface area contributed by atoms with Gasteiger partial charge in [0.2, 0.25) is 0 Å². The smallest absolute Gasteiger partial charge is 0.271 e. The number of H-pyrrole nitrogens is 1. The van der Waals surface area contributed by atoms with Crippen LogP contribution in [0, 0.1) is 0 Å². The van der Waals surface area contributed by atoms with Crippen LogP contribution in [-0.2, 0) is 26.3 Å². The molecular formula is C12H12N7O3S-. The summed E-state index contributed by atoms with van der Waals surface area (Å²) in [5.74, 6) is 0.267. The van der Waals surface area contributed by atoms with Crippen molar-refractivity contribution in [3.8, 4) is 11.3 Å². The summed E-state index contributed by atoms with van der Waals surface area (Å²) >= 11 is 0. The number of hydrogen-bond acceptors (Lipinski definition) is 9. The molecule has 0 unspecified atom stereocenters. The van der Waals surface area contributed by atoms with Crippen molar-refractivity contribution in [2.24, 2.45) is 11.4 Å². The maximum absolute atomic E-state index is 11.8. The molecule has 0 radical (unpaired) electrons. The summed E-state index contributed by atoms with van der Waals surface area (Å²) < 4.78 is 21.1. The standard InChI is InChI=1S/C12H12N7O3S/c1-19-11-8(10(13)15-5-16-11)9(17-19)6-3-7(12(20)14-4-6)18-23(21)22-2/h3-5H,1-2H3,(H,14,20)(H2,13,15,16)/q-1. The number of anilines is 1. The van der Waals surface area contributed by atoms with E-state index in [4.69, 9.17) is 5.73 Å². The molecule has 3 heterocycles. The second-order valence-electron chi connectivity index (χ2n) is 4.51. The van der Waals surface area contributed by atoms with Gasteiger partial charge in [-0.25, -0.2) is 14.6 Å². The van der Waals surface area contributed by atoms with Crippen LogP contribution >= 0.6 is 0 Å². The molecule has 3 N–H and O–H groups in total. The fourth-order valence-electron chi connectivity index (χ4n) is 2.11. The molecule has 10 nitrogen and oxygen atoms in total. The number of nitrogen functional groups attached to an aromatic ring is 1. The highest BCUT2D eigenvalue weighted by atomic mass is 32.2. The van der Waals surface area contributed by atoms with Crippen LogP contribution < -0.4 is 11.3 Å². The molecule has 0 spiro atoms. The lowest BCUT2D eigenvalue weighted by molar-refractivity contribution is 0.438. The van der Waals surface area contributed by atoms with E-state index in [2.05, 4.69) is 28.6 Å². The van der Waals surface area contributed by atoms with Crippen molar-refractivity contribution >= 4 is 33.4 Å². The Bertz CT molecular complexity index is 1030. The third kappa shape index (κ3) is 2.66. The molecule has 0 aliphatic heterocycles. The Morgan fingerprint density at radius 3 is 2.96 bits per heavy atom. The summed E-state index contributed by atoms with van der Waals surface area (Å²) in [4.78, 5) is 22.4. The Labute approximate surface area is 131 Å². The molecule has 3 aromatic rings. The van der Waals surface area contributed by atoms with Crippen LogP contribution in [0.15, 0.2) is 27.7 Å². The van der Waals surface area contributed by atoms with E-state index in [0.717, 1.165) is 0 Å². The van der Waals surface area contributed by atoms with Crippen LogP contribution in [-0.4, -0.2) is 31.8 Å². The largest absolute Gasteiger partial charge is 0.441 e. The molecule has 23 heavy (non-hydrogen) atoms. The first-order valence-corrected chi connectivity index (χ1v) is 7.39. The molecule has 0 aliphatic rings. The van der Waals surface area contributed by atoms with Gasteiger partial charge in [0.1, 0.15) is 23.5 Å². The number of hydrogen-bond donors (Lipinski definition) is 2. The number of aryl methyl sites for hydroxylation is 1. The number of nitrogens with one attached hydrogen (secondary N) is 1. The lowest BCUT2D eigenvalue weighted by atomic mass is 10.1. The van der Waals surface area contributed by atoms with Crippen LogP contribution in [0.4, 0.5) is 11.5 Å². The van der Waals surface area contributed by atoms with E-state index >= 15 is 0 Å². The molecule has 0 fully saturated rings. The van der Waals surface area contributed by atoms with Crippen molar-refractivity contribution in [1.82, 2.24) is 24.7 Å². The van der Waals surface area contributed by atoms with Gasteiger partial charge >= 0.3 is 0 Å². The van der Waals surface area contributed by atoms with Gasteiger partial charge in [0.25, 0.3) is 5.56 Å². The summed E-state index contributed by atoms with van der Waals surface area (Å²) in [6, 6.07) is 1.45. The maximum atomic E-state index is 11.8. The summed E-state index contributed by atoms with van der Waals surface area (Å²) in [5, 5.41) is 4.91. The second kappa shape index (κ2) is 5.78. The zero-order chi connectivity index (χ0) is 16.6. The van der Waals surface area contributed by atoms with E-state index in [1.165, 1.54) is 25.7 Å². The number of aromatic nitrogens is 5. The fraction of sp³-hybridized carbons (Fsp3) is 0.167. The monoisotopic (exact) mass is 334 g/mol. The predicted octanol–water partition coefficient (Wildman–Crippen LogP) is 0.641. The van der Waals surface area contributed by atoms with Gasteiger partial charge in [-0.3, -0.25) is 4.79 Å². The van der Waals surface area contributed by atoms with Gasteiger partial charge in [0.15, 0.2) is 5.65 Å². The number of aromatic amines is 1. The SMILES string of the molecule is CO[S-](=O)=Nc1cc(-c2nn(C)c3ncnc(N)c23)c[nH]c1=O. The number of nitrogens with two attached hydrogens (primary N) is 1. The highest BCUT2D eigenvalue weighted by Crippen LogP contribution is 2.29. The van der Waals surface area contributed by atoms with Crippen LogP contribution in [0.25, 0.3) is 22.3 Å². The summed E-state index contributed by atoms with van der Waals surface area (Å²) in [6.07, 6.45) is 2.81. The van der Waals surface area contributed by atoms with E-state index in [0.29, 0.717) is 22.3 Å².